The fourth-order valence-corrected chi connectivity index (χ4v) is 4.62. The van der Waals surface area contributed by atoms with Crippen molar-refractivity contribution in [2.24, 2.45) is 5.10 Å². The van der Waals surface area contributed by atoms with Crippen molar-refractivity contribution in [3.05, 3.63) is 77.4 Å². The molecule has 0 bridgehead atoms. The van der Waals surface area contributed by atoms with Gasteiger partial charge < -0.3 is 23.7 Å². The molecule has 3 aliphatic heterocycles. The number of hydrazone groups is 1. The Hall–Kier alpha value is -3.87. The van der Waals surface area contributed by atoms with Gasteiger partial charge in [0.25, 0.3) is 0 Å². The summed E-state index contributed by atoms with van der Waals surface area (Å²) in [5, 5.41) is 7.09. The summed E-state index contributed by atoms with van der Waals surface area (Å²) in [5.74, 6) is 3.78. The molecular weight excluding hydrogens is 420 g/mol. The molecule has 168 valence electrons. The zero-order valence-corrected chi connectivity index (χ0v) is 18.5. The largest absolute Gasteiger partial charge is 0.493 e. The standard InChI is InChI=1S/C26H24N2O5/c1-3-30-22-11-9-17(13-24(22)29-2)26-28-20(18-6-4-5-7-21(18)33-26)14-19(27-28)16-8-10-23-25(12-16)32-15-31-23/h4-13,20,26H,3,14-15H2,1-2H3/t20-,26-/m0/s1. The zero-order chi connectivity index (χ0) is 22.4. The lowest BCUT2D eigenvalue weighted by molar-refractivity contribution is -0.0191. The highest BCUT2D eigenvalue weighted by atomic mass is 16.7. The second-order valence-electron chi connectivity index (χ2n) is 8.07. The monoisotopic (exact) mass is 444 g/mol. The Morgan fingerprint density at radius 1 is 0.970 bits per heavy atom. The Labute approximate surface area is 192 Å². The van der Waals surface area contributed by atoms with Crippen LogP contribution >= 0.6 is 0 Å². The minimum atomic E-state index is -0.388. The molecule has 0 amide bonds. The Balaban J connectivity index is 1.41. The van der Waals surface area contributed by atoms with Gasteiger partial charge in [0.05, 0.1) is 25.5 Å². The molecular formula is C26H24N2O5. The molecule has 0 aromatic heterocycles. The van der Waals surface area contributed by atoms with Gasteiger partial charge in [-0.05, 0) is 49.4 Å². The summed E-state index contributed by atoms with van der Waals surface area (Å²) < 4.78 is 28.8. The molecule has 0 aliphatic carbocycles. The molecule has 0 radical (unpaired) electrons. The maximum absolute atomic E-state index is 6.47. The third kappa shape index (κ3) is 3.31. The highest BCUT2D eigenvalue weighted by Crippen LogP contribution is 2.48. The Kier molecular flexibility index (Phi) is 4.75. The SMILES string of the molecule is CCOc1ccc([C@@H]2Oc3ccccc3[C@@H]3CC(c4ccc5c(c4)OCO5)=NN32)cc1OC. The average Bonchev–Trinajstić information content (AvgIpc) is 3.51. The minimum absolute atomic E-state index is 0.0675. The number of nitrogens with zero attached hydrogens (tertiary/aromatic N) is 2. The normalized spacial score (nSPS) is 19.9. The Morgan fingerprint density at radius 2 is 1.85 bits per heavy atom. The van der Waals surface area contributed by atoms with E-state index in [1.54, 1.807) is 7.11 Å². The number of ether oxygens (including phenoxy) is 5. The highest BCUT2D eigenvalue weighted by Gasteiger charge is 2.41. The average molecular weight is 444 g/mol. The van der Waals surface area contributed by atoms with Crippen LogP contribution in [0.3, 0.4) is 0 Å². The molecule has 7 heteroatoms. The number of hydrogen-bond donors (Lipinski definition) is 0. The maximum atomic E-state index is 6.47. The summed E-state index contributed by atoms with van der Waals surface area (Å²) in [6, 6.07) is 20.1. The van der Waals surface area contributed by atoms with E-state index in [0.29, 0.717) is 18.1 Å². The first-order chi connectivity index (χ1) is 16.2. The quantitative estimate of drug-likeness (QED) is 0.548. The van der Waals surface area contributed by atoms with Crippen LogP contribution in [0.4, 0.5) is 0 Å². The van der Waals surface area contributed by atoms with E-state index in [1.165, 1.54) is 0 Å². The van der Waals surface area contributed by atoms with E-state index in [-0.39, 0.29) is 19.1 Å². The maximum Gasteiger partial charge on any atom is 0.231 e. The van der Waals surface area contributed by atoms with Gasteiger partial charge in [-0.3, -0.25) is 0 Å². The van der Waals surface area contributed by atoms with Crippen molar-refractivity contribution in [3.63, 3.8) is 0 Å². The van der Waals surface area contributed by atoms with Crippen LogP contribution in [0.2, 0.25) is 0 Å². The molecule has 3 aliphatic rings. The summed E-state index contributed by atoms with van der Waals surface area (Å²) in [4.78, 5) is 0. The number of rotatable bonds is 5. The molecule has 3 heterocycles. The molecule has 7 nitrogen and oxygen atoms in total. The van der Waals surface area contributed by atoms with E-state index in [1.807, 2.05) is 61.5 Å². The van der Waals surface area contributed by atoms with Gasteiger partial charge in [-0.15, -0.1) is 0 Å². The molecule has 0 saturated carbocycles. The van der Waals surface area contributed by atoms with E-state index >= 15 is 0 Å². The summed E-state index contributed by atoms with van der Waals surface area (Å²) in [6.45, 7) is 2.78. The molecule has 0 unspecified atom stereocenters. The van der Waals surface area contributed by atoms with Crippen molar-refractivity contribution in [2.45, 2.75) is 25.6 Å². The predicted molar refractivity (Wildman–Crippen MR) is 122 cm³/mol. The minimum Gasteiger partial charge on any atom is -0.493 e. The van der Waals surface area contributed by atoms with E-state index in [2.05, 4.69) is 11.1 Å². The van der Waals surface area contributed by atoms with Crippen LogP contribution < -0.4 is 23.7 Å². The first kappa shape index (κ1) is 19.8. The number of fused-ring (bicyclic) bond motifs is 4. The van der Waals surface area contributed by atoms with Crippen molar-refractivity contribution in [3.8, 4) is 28.7 Å². The molecule has 0 fully saturated rings. The van der Waals surface area contributed by atoms with E-state index < -0.39 is 0 Å². The Bertz CT molecular complexity index is 1240. The number of para-hydroxylation sites is 1. The summed E-state index contributed by atoms with van der Waals surface area (Å²) in [7, 11) is 1.65. The van der Waals surface area contributed by atoms with Gasteiger partial charge in [0.2, 0.25) is 13.0 Å². The fraction of sp³-hybridized carbons (Fsp3) is 0.269. The molecule has 2 atom stereocenters. The summed E-state index contributed by atoms with van der Waals surface area (Å²) in [6.07, 6.45) is 0.381. The molecule has 3 aromatic carbocycles. The van der Waals surface area contributed by atoms with Crippen molar-refractivity contribution < 1.29 is 23.7 Å². The van der Waals surface area contributed by atoms with Gasteiger partial charge in [-0.2, -0.15) is 5.10 Å². The van der Waals surface area contributed by atoms with E-state index in [0.717, 1.165) is 46.1 Å². The molecule has 33 heavy (non-hydrogen) atoms. The predicted octanol–water partition coefficient (Wildman–Crippen LogP) is 5.06. The molecule has 3 aromatic rings. The van der Waals surface area contributed by atoms with Crippen molar-refractivity contribution >= 4 is 5.71 Å². The number of hydrogen-bond acceptors (Lipinski definition) is 7. The topological polar surface area (TPSA) is 61.8 Å². The van der Waals surface area contributed by atoms with Gasteiger partial charge in [0, 0.05) is 23.1 Å². The van der Waals surface area contributed by atoms with E-state index in [4.69, 9.17) is 28.8 Å². The van der Waals surface area contributed by atoms with Crippen LogP contribution in [0.1, 0.15) is 42.3 Å². The van der Waals surface area contributed by atoms with Crippen molar-refractivity contribution in [1.29, 1.82) is 0 Å². The van der Waals surface area contributed by atoms with E-state index in [9.17, 15) is 0 Å². The lowest BCUT2D eigenvalue weighted by Crippen LogP contribution is -2.33. The first-order valence-electron chi connectivity index (χ1n) is 11.1. The Morgan fingerprint density at radius 3 is 2.73 bits per heavy atom. The zero-order valence-electron chi connectivity index (χ0n) is 18.5. The van der Waals surface area contributed by atoms with Gasteiger partial charge >= 0.3 is 0 Å². The third-order valence-electron chi connectivity index (χ3n) is 6.18. The number of methoxy groups -OCH3 is 1. The van der Waals surface area contributed by atoms with Crippen LogP contribution in [-0.4, -0.2) is 31.2 Å². The highest BCUT2D eigenvalue weighted by molar-refractivity contribution is 6.02. The lowest BCUT2D eigenvalue weighted by Gasteiger charge is -2.38. The van der Waals surface area contributed by atoms with Gasteiger partial charge in [0.1, 0.15) is 5.75 Å². The number of benzene rings is 3. The van der Waals surface area contributed by atoms with Crippen molar-refractivity contribution in [1.82, 2.24) is 5.01 Å². The van der Waals surface area contributed by atoms with Crippen LogP contribution in [-0.2, 0) is 0 Å². The smallest absolute Gasteiger partial charge is 0.231 e. The molecule has 0 saturated heterocycles. The van der Waals surface area contributed by atoms with Crippen LogP contribution in [0, 0.1) is 0 Å². The summed E-state index contributed by atoms with van der Waals surface area (Å²) in [5.41, 5.74) is 4.09. The van der Waals surface area contributed by atoms with Crippen molar-refractivity contribution in [2.75, 3.05) is 20.5 Å². The summed E-state index contributed by atoms with van der Waals surface area (Å²) >= 11 is 0. The van der Waals surface area contributed by atoms with Crippen LogP contribution in [0.25, 0.3) is 0 Å². The van der Waals surface area contributed by atoms with Crippen LogP contribution in [0.15, 0.2) is 65.8 Å². The van der Waals surface area contributed by atoms with Gasteiger partial charge in [-0.1, -0.05) is 18.2 Å². The fourth-order valence-electron chi connectivity index (χ4n) is 4.62. The third-order valence-corrected chi connectivity index (χ3v) is 6.18. The molecule has 0 spiro atoms. The lowest BCUT2D eigenvalue weighted by atomic mass is 9.95. The van der Waals surface area contributed by atoms with Gasteiger partial charge in [0.15, 0.2) is 23.0 Å². The molecule has 0 N–H and O–H groups in total. The van der Waals surface area contributed by atoms with Crippen LogP contribution in [0.5, 0.6) is 28.7 Å². The second kappa shape index (κ2) is 7.92. The van der Waals surface area contributed by atoms with Gasteiger partial charge in [-0.25, -0.2) is 5.01 Å². The first-order valence-corrected chi connectivity index (χ1v) is 11.1. The molecule has 6 rings (SSSR count). The second-order valence-corrected chi connectivity index (χ2v) is 8.07.